The number of hydrogen-bond donors (Lipinski definition) is 0. The highest BCUT2D eigenvalue weighted by molar-refractivity contribution is 6.16. The smallest absolute Gasteiger partial charge is 0.256 e. The van der Waals surface area contributed by atoms with Gasteiger partial charge in [0.2, 0.25) is 0 Å². The van der Waals surface area contributed by atoms with E-state index in [4.69, 9.17) is 11.6 Å². The van der Waals surface area contributed by atoms with Gasteiger partial charge in [-0.15, -0.1) is 11.6 Å². The summed E-state index contributed by atoms with van der Waals surface area (Å²) >= 11 is 5.57. The van der Waals surface area contributed by atoms with Crippen LogP contribution in [0.15, 0.2) is 36.7 Å². The molecule has 0 fully saturated rings. The molecule has 6 heteroatoms. The Hall–Kier alpha value is -1.62. The van der Waals surface area contributed by atoms with Gasteiger partial charge in [0.05, 0.1) is 35.2 Å². The highest BCUT2D eigenvalue weighted by Gasteiger charge is 2.29. The van der Waals surface area contributed by atoms with Gasteiger partial charge in [0.15, 0.2) is 0 Å². The molecule has 18 heavy (non-hydrogen) atoms. The minimum Gasteiger partial charge on any atom is -0.256 e. The first-order valence-electron chi connectivity index (χ1n) is 5.05. The molecule has 0 aliphatic heterocycles. The van der Waals surface area contributed by atoms with Crippen LogP contribution in [0.5, 0.6) is 0 Å². The summed E-state index contributed by atoms with van der Waals surface area (Å²) in [5.74, 6) is 0.250. The van der Waals surface area contributed by atoms with E-state index in [0.717, 1.165) is 12.1 Å². The van der Waals surface area contributed by atoms with Crippen LogP contribution in [0.25, 0.3) is 11.3 Å². The number of benzene rings is 1. The van der Waals surface area contributed by atoms with Gasteiger partial charge in [-0.05, 0) is 12.1 Å². The van der Waals surface area contributed by atoms with E-state index in [9.17, 15) is 13.2 Å². The van der Waals surface area contributed by atoms with E-state index in [2.05, 4.69) is 9.97 Å². The Morgan fingerprint density at radius 1 is 1.00 bits per heavy atom. The summed E-state index contributed by atoms with van der Waals surface area (Å²) in [6.45, 7) is 0. The predicted octanol–water partition coefficient (Wildman–Crippen LogP) is 3.90. The lowest BCUT2D eigenvalue weighted by molar-refractivity contribution is -0.137. The average molecular weight is 273 g/mol. The van der Waals surface area contributed by atoms with Crippen molar-refractivity contribution in [1.82, 2.24) is 9.97 Å². The molecule has 94 valence electrons. The summed E-state index contributed by atoms with van der Waals surface area (Å²) in [7, 11) is 0. The van der Waals surface area contributed by atoms with Crippen molar-refractivity contribution in [3.8, 4) is 11.3 Å². The van der Waals surface area contributed by atoms with Gasteiger partial charge >= 0.3 is 6.18 Å². The maximum atomic E-state index is 12.4. The second-order valence-corrected chi connectivity index (χ2v) is 3.87. The molecule has 0 unspecified atom stereocenters. The first-order chi connectivity index (χ1) is 8.50. The summed E-state index contributed by atoms with van der Waals surface area (Å²) in [6, 6.07) is 4.78. The molecule has 2 rings (SSSR count). The maximum Gasteiger partial charge on any atom is 0.416 e. The Morgan fingerprint density at radius 2 is 1.67 bits per heavy atom. The Morgan fingerprint density at radius 3 is 2.11 bits per heavy atom. The van der Waals surface area contributed by atoms with E-state index in [1.807, 2.05) is 0 Å². The van der Waals surface area contributed by atoms with Crippen molar-refractivity contribution in [3.63, 3.8) is 0 Å². The minimum absolute atomic E-state index is 0.250. The van der Waals surface area contributed by atoms with E-state index < -0.39 is 11.7 Å². The van der Waals surface area contributed by atoms with E-state index >= 15 is 0 Å². The van der Waals surface area contributed by atoms with Gasteiger partial charge in [-0.25, -0.2) is 0 Å². The number of hydrogen-bond acceptors (Lipinski definition) is 2. The van der Waals surface area contributed by atoms with Crippen molar-refractivity contribution >= 4 is 11.6 Å². The largest absolute Gasteiger partial charge is 0.416 e. The molecule has 0 aliphatic carbocycles. The number of alkyl halides is 4. The van der Waals surface area contributed by atoms with Crippen molar-refractivity contribution in [3.05, 3.63) is 47.9 Å². The number of rotatable bonds is 2. The van der Waals surface area contributed by atoms with Crippen LogP contribution in [0, 0.1) is 0 Å². The highest BCUT2D eigenvalue weighted by Crippen LogP contribution is 2.30. The highest BCUT2D eigenvalue weighted by atomic mass is 35.5. The van der Waals surface area contributed by atoms with Gasteiger partial charge in [0.25, 0.3) is 0 Å². The first kappa shape index (κ1) is 12.8. The van der Waals surface area contributed by atoms with Crippen LogP contribution >= 0.6 is 11.6 Å². The SMILES string of the molecule is FC(F)(F)c1ccc(-c2cnc(CCl)cn2)cc1. The summed E-state index contributed by atoms with van der Waals surface area (Å²) < 4.78 is 37.1. The molecule has 1 aromatic heterocycles. The van der Waals surface area contributed by atoms with Crippen LogP contribution < -0.4 is 0 Å². The molecule has 0 spiro atoms. The maximum absolute atomic E-state index is 12.4. The first-order valence-corrected chi connectivity index (χ1v) is 5.58. The van der Waals surface area contributed by atoms with Crippen LogP contribution in [0.4, 0.5) is 13.2 Å². The fourth-order valence-electron chi connectivity index (χ4n) is 1.40. The summed E-state index contributed by atoms with van der Waals surface area (Å²) in [5, 5.41) is 0. The molecule has 0 saturated heterocycles. The predicted molar refractivity (Wildman–Crippen MR) is 62.0 cm³/mol. The zero-order valence-electron chi connectivity index (χ0n) is 9.08. The lowest BCUT2D eigenvalue weighted by Crippen LogP contribution is -2.04. The zero-order chi connectivity index (χ0) is 13.2. The second kappa shape index (κ2) is 4.94. The second-order valence-electron chi connectivity index (χ2n) is 3.60. The molecule has 1 aromatic carbocycles. The lowest BCUT2D eigenvalue weighted by Gasteiger charge is -2.07. The molecular formula is C12H8ClF3N2. The molecule has 1 heterocycles. The van der Waals surface area contributed by atoms with Crippen molar-refractivity contribution in [2.45, 2.75) is 12.1 Å². The quantitative estimate of drug-likeness (QED) is 0.775. The third-order valence-electron chi connectivity index (χ3n) is 2.35. The number of nitrogens with zero attached hydrogens (tertiary/aromatic N) is 2. The fraction of sp³-hybridized carbons (Fsp3) is 0.167. The minimum atomic E-state index is -4.33. The van der Waals surface area contributed by atoms with Gasteiger partial charge in [0, 0.05) is 5.56 Å². The van der Waals surface area contributed by atoms with Crippen LogP contribution in [0.1, 0.15) is 11.3 Å². The van der Waals surface area contributed by atoms with E-state index in [1.165, 1.54) is 24.5 Å². The van der Waals surface area contributed by atoms with Gasteiger partial charge in [-0.2, -0.15) is 13.2 Å². The molecule has 0 atom stereocenters. The average Bonchev–Trinajstić information content (AvgIpc) is 2.38. The zero-order valence-corrected chi connectivity index (χ0v) is 9.83. The van der Waals surface area contributed by atoms with E-state index in [1.54, 1.807) is 0 Å². The Kier molecular flexibility index (Phi) is 3.52. The van der Waals surface area contributed by atoms with Crippen molar-refractivity contribution in [2.24, 2.45) is 0 Å². The Bertz CT molecular complexity index is 521. The molecular weight excluding hydrogens is 265 g/mol. The third-order valence-corrected chi connectivity index (χ3v) is 2.62. The van der Waals surface area contributed by atoms with Gasteiger partial charge in [-0.1, -0.05) is 12.1 Å². The molecule has 2 aromatic rings. The Labute approximate surface area is 106 Å². The van der Waals surface area contributed by atoms with Gasteiger partial charge in [0.1, 0.15) is 0 Å². The monoisotopic (exact) mass is 272 g/mol. The van der Waals surface area contributed by atoms with E-state index in [0.29, 0.717) is 17.0 Å². The number of aromatic nitrogens is 2. The van der Waals surface area contributed by atoms with Crippen LogP contribution in [0.2, 0.25) is 0 Å². The lowest BCUT2D eigenvalue weighted by atomic mass is 10.1. The molecule has 0 radical (unpaired) electrons. The van der Waals surface area contributed by atoms with Crippen molar-refractivity contribution in [1.29, 1.82) is 0 Å². The molecule has 0 saturated carbocycles. The summed E-state index contributed by atoms with van der Waals surface area (Å²) in [4.78, 5) is 8.11. The van der Waals surface area contributed by atoms with Crippen LogP contribution in [-0.2, 0) is 12.1 Å². The standard InChI is InChI=1S/C12H8ClF3N2/c13-5-10-6-18-11(7-17-10)8-1-3-9(4-2-8)12(14,15)16/h1-4,6-7H,5H2. The van der Waals surface area contributed by atoms with Crippen molar-refractivity contribution < 1.29 is 13.2 Å². The fourth-order valence-corrected chi connectivity index (χ4v) is 1.54. The third kappa shape index (κ3) is 2.79. The Balaban J connectivity index is 2.28. The van der Waals surface area contributed by atoms with Crippen LogP contribution in [-0.4, -0.2) is 9.97 Å². The molecule has 0 bridgehead atoms. The molecule has 2 nitrogen and oxygen atoms in total. The molecule has 0 amide bonds. The normalized spacial score (nSPS) is 11.6. The summed E-state index contributed by atoms with van der Waals surface area (Å²) in [5.41, 5.74) is 1.03. The topological polar surface area (TPSA) is 25.8 Å². The van der Waals surface area contributed by atoms with Crippen LogP contribution in [0.3, 0.4) is 0 Å². The van der Waals surface area contributed by atoms with Gasteiger partial charge < -0.3 is 0 Å². The molecule has 0 N–H and O–H groups in total. The molecule has 0 aliphatic rings. The summed E-state index contributed by atoms with van der Waals surface area (Å²) in [6.07, 6.45) is -1.34. The number of halogens is 4. The van der Waals surface area contributed by atoms with Gasteiger partial charge in [-0.3, -0.25) is 9.97 Å². The van der Waals surface area contributed by atoms with Crippen molar-refractivity contribution in [2.75, 3.05) is 0 Å². The van der Waals surface area contributed by atoms with E-state index in [-0.39, 0.29) is 5.88 Å².